The molecule has 74 valence electrons. The van der Waals surface area contributed by atoms with E-state index in [9.17, 15) is 0 Å². The van der Waals surface area contributed by atoms with Crippen LogP contribution in [0.15, 0.2) is 6.33 Å². The lowest BCUT2D eigenvalue weighted by Crippen LogP contribution is -2.37. The molecule has 0 bridgehead atoms. The first-order valence-electron chi connectivity index (χ1n) is 4.32. The molecule has 0 aromatic carbocycles. The summed E-state index contributed by atoms with van der Waals surface area (Å²) in [6, 6.07) is 0. The summed E-state index contributed by atoms with van der Waals surface area (Å²) >= 11 is 1.47. The van der Waals surface area contributed by atoms with Gasteiger partial charge in [0.15, 0.2) is 0 Å². The zero-order chi connectivity index (χ0) is 9.60. The molecule has 1 aliphatic rings. The van der Waals surface area contributed by atoms with Gasteiger partial charge in [0.05, 0.1) is 12.1 Å². The molecule has 0 aliphatic carbocycles. The molecule has 14 heavy (non-hydrogen) atoms. The number of ether oxygens (including phenoxy) is 1. The van der Waals surface area contributed by atoms with Crippen LogP contribution in [0, 0.1) is 0 Å². The summed E-state index contributed by atoms with van der Waals surface area (Å²) in [4.78, 5) is 0.775. The number of nitrogens with zero attached hydrogens (tertiary/aromatic N) is 4. The number of rotatable bonds is 1. The number of fused-ring (bicyclic) bond motifs is 1. The van der Waals surface area contributed by atoms with Crippen molar-refractivity contribution in [2.45, 2.75) is 12.0 Å². The van der Waals surface area contributed by atoms with Gasteiger partial charge in [-0.3, -0.25) is 0 Å². The third-order valence-corrected chi connectivity index (χ3v) is 3.50. The number of hydrogen-bond acceptors (Lipinski definition) is 6. The maximum Gasteiger partial charge on any atom is 0.234 e. The lowest BCUT2D eigenvalue weighted by Gasteiger charge is -2.16. The van der Waals surface area contributed by atoms with Gasteiger partial charge in [-0.15, -0.1) is 10.2 Å². The van der Waals surface area contributed by atoms with Crippen molar-refractivity contribution in [1.82, 2.24) is 19.8 Å². The second kappa shape index (κ2) is 2.72. The molecule has 6 nitrogen and oxygen atoms in total. The Kier molecular flexibility index (Phi) is 1.61. The lowest BCUT2D eigenvalue weighted by atomic mass is 10.0. The molecule has 2 N–H and O–H groups in total. The van der Waals surface area contributed by atoms with Gasteiger partial charge in [0.25, 0.3) is 0 Å². The first-order chi connectivity index (χ1) is 6.78. The van der Waals surface area contributed by atoms with Crippen molar-refractivity contribution in [3.63, 3.8) is 0 Å². The molecule has 0 saturated carbocycles. The van der Waals surface area contributed by atoms with Crippen molar-refractivity contribution in [3.8, 4) is 0 Å². The Balaban J connectivity index is 2.08. The molecule has 2 aromatic rings. The minimum absolute atomic E-state index is 0.425. The largest absolute Gasteiger partial charge is 0.379 e. The zero-order valence-electron chi connectivity index (χ0n) is 7.38. The van der Waals surface area contributed by atoms with E-state index in [0.717, 1.165) is 16.4 Å². The van der Waals surface area contributed by atoms with E-state index in [4.69, 9.17) is 10.5 Å². The van der Waals surface area contributed by atoms with E-state index in [1.54, 1.807) is 10.8 Å². The normalized spacial score (nSPS) is 27.5. The second-order valence-electron chi connectivity index (χ2n) is 3.42. The Hall–Kier alpha value is -1.05. The quantitative estimate of drug-likeness (QED) is 0.704. The van der Waals surface area contributed by atoms with E-state index in [-0.39, 0.29) is 0 Å². The summed E-state index contributed by atoms with van der Waals surface area (Å²) in [5.74, 6) is 0. The van der Waals surface area contributed by atoms with Crippen molar-refractivity contribution in [1.29, 1.82) is 0 Å². The summed E-state index contributed by atoms with van der Waals surface area (Å²) in [6.45, 7) is 1.24. The van der Waals surface area contributed by atoms with Crippen molar-refractivity contribution < 1.29 is 4.74 Å². The minimum Gasteiger partial charge on any atom is -0.379 e. The van der Waals surface area contributed by atoms with E-state index in [0.29, 0.717) is 13.2 Å². The van der Waals surface area contributed by atoms with Gasteiger partial charge in [0, 0.05) is 6.61 Å². The third kappa shape index (κ3) is 1.06. The molecule has 0 spiro atoms. The Labute approximate surface area is 83.7 Å². The van der Waals surface area contributed by atoms with Crippen LogP contribution < -0.4 is 5.73 Å². The second-order valence-corrected chi connectivity index (χ2v) is 4.38. The minimum atomic E-state index is -0.425. The molecular formula is C7H9N5OS. The first kappa shape index (κ1) is 8.27. The lowest BCUT2D eigenvalue weighted by molar-refractivity contribution is 0.178. The molecule has 0 amide bonds. The van der Waals surface area contributed by atoms with Crippen molar-refractivity contribution in [2.75, 3.05) is 13.2 Å². The van der Waals surface area contributed by atoms with Gasteiger partial charge in [-0.05, 0) is 6.42 Å². The van der Waals surface area contributed by atoms with Crippen molar-refractivity contribution >= 4 is 16.3 Å². The molecule has 1 saturated heterocycles. The average Bonchev–Trinajstić information content (AvgIpc) is 2.75. The molecule has 1 atom stereocenters. The highest BCUT2D eigenvalue weighted by Gasteiger charge is 2.36. The SMILES string of the molecule is NC1(c2nn3cnnc3s2)CCOC1. The van der Waals surface area contributed by atoms with Crippen LogP contribution in [0.2, 0.25) is 0 Å². The summed E-state index contributed by atoms with van der Waals surface area (Å²) in [5, 5.41) is 12.9. The van der Waals surface area contributed by atoms with Gasteiger partial charge < -0.3 is 10.5 Å². The van der Waals surface area contributed by atoms with Crippen LogP contribution in [0.1, 0.15) is 11.4 Å². The van der Waals surface area contributed by atoms with Crippen molar-refractivity contribution in [3.05, 3.63) is 11.3 Å². The Morgan fingerprint density at radius 3 is 3.29 bits per heavy atom. The fourth-order valence-electron chi connectivity index (χ4n) is 1.51. The van der Waals surface area contributed by atoms with Crippen LogP contribution in [-0.2, 0) is 10.3 Å². The van der Waals surface area contributed by atoms with E-state index >= 15 is 0 Å². The van der Waals surface area contributed by atoms with Gasteiger partial charge in [-0.1, -0.05) is 11.3 Å². The maximum absolute atomic E-state index is 6.16. The van der Waals surface area contributed by atoms with Crippen LogP contribution in [0.5, 0.6) is 0 Å². The van der Waals surface area contributed by atoms with Crippen molar-refractivity contribution in [2.24, 2.45) is 5.73 Å². The van der Waals surface area contributed by atoms with E-state index in [2.05, 4.69) is 15.3 Å². The Bertz CT molecular complexity index is 429. The van der Waals surface area contributed by atoms with Gasteiger partial charge in [0.2, 0.25) is 4.96 Å². The smallest absolute Gasteiger partial charge is 0.234 e. The molecular weight excluding hydrogens is 202 g/mol. The summed E-state index contributed by atoms with van der Waals surface area (Å²) < 4.78 is 6.93. The van der Waals surface area contributed by atoms with Gasteiger partial charge >= 0.3 is 0 Å². The summed E-state index contributed by atoms with van der Waals surface area (Å²) in [7, 11) is 0. The highest BCUT2D eigenvalue weighted by molar-refractivity contribution is 7.16. The van der Waals surface area contributed by atoms with Crippen LogP contribution in [0.25, 0.3) is 4.96 Å². The fraction of sp³-hybridized carbons (Fsp3) is 0.571. The van der Waals surface area contributed by atoms with Crippen LogP contribution in [0.3, 0.4) is 0 Å². The van der Waals surface area contributed by atoms with E-state index in [1.165, 1.54) is 11.3 Å². The molecule has 1 aliphatic heterocycles. The zero-order valence-corrected chi connectivity index (χ0v) is 8.20. The Morgan fingerprint density at radius 1 is 1.64 bits per heavy atom. The van der Waals surface area contributed by atoms with Gasteiger partial charge in [0.1, 0.15) is 11.3 Å². The van der Waals surface area contributed by atoms with E-state index < -0.39 is 5.54 Å². The molecule has 1 unspecified atom stereocenters. The molecule has 3 rings (SSSR count). The third-order valence-electron chi connectivity index (χ3n) is 2.36. The number of hydrogen-bond donors (Lipinski definition) is 1. The topological polar surface area (TPSA) is 78.3 Å². The van der Waals surface area contributed by atoms with Crippen LogP contribution in [0.4, 0.5) is 0 Å². The van der Waals surface area contributed by atoms with E-state index in [1.807, 2.05) is 0 Å². The molecule has 7 heteroatoms. The predicted octanol–water partition coefficient (Wildman–Crippen LogP) is -0.240. The Morgan fingerprint density at radius 2 is 2.57 bits per heavy atom. The fourth-order valence-corrected chi connectivity index (χ4v) is 2.45. The molecule has 3 heterocycles. The molecule has 1 fully saturated rings. The van der Waals surface area contributed by atoms with Gasteiger partial charge in [-0.25, -0.2) is 0 Å². The molecule has 0 radical (unpaired) electrons. The van der Waals surface area contributed by atoms with Crippen LogP contribution >= 0.6 is 11.3 Å². The average molecular weight is 211 g/mol. The highest BCUT2D eigenvalue weighted by atomic mass is 32.1. The van der Waals surface area contributed by atoms with Crippen LogP contribution in [-0.4, -0.2) is 33.0 Å². The summed E-state index contributed by atoms with van der Waals surface area (Å²) in [5.41, 5.74) is 5.74. The summed E-state index contributed by atoms with van der Waals surface area (Å²) in [6.07, 6.45) is 2.39. The maximum atomic E-state index is 6.16. The van der Waals surface area contributed by atoms with Gasteiger partial charge in [-0.2, -0.15) is 9.61 Å². The highest BCUT2D eigenvalue weighted by Crippen LogP contribution is 2.30. The monoisotopic (exact) mass is 211 g/mol. The number of aromatic nitrogens is 4. The number of nitrogens with two attached hydrogens (primary N) is 1. The first-order valence-corrected chi connectivity index (χ1v) is 5.14. The predicted molar refractivity (Wildman–Crippen MR) is 50.0 cm³/mol. The molecule has 2 aromatic heterocycles. The standard InChI is InChI=1S/C7H9N5OS/c8-7(1-2-13-3-7)5-11-12-4-9-10-6(12)14-5/h4H,1-3,8H2.